The summed E-state index contributed by atoms with van der Waals surface area (Å²) in [6, 6.07) is 0. The molecule has 2 saturated carbocycles. The molecule has 0 bridgehead atoms. The number of hydrogen-bond donors (Lipinski definition) is 2. The van der Waals surface area contributed by atoms with Crippen LogP contribution in [0.2, 0.25) is 0 Å². The average Bonchev–Trinajstić information content (AvgIpc) is 2.83. The smallest absolute Gasteiger partial charge is 0.211 e. The molecule has 2 fully saturated rings. The molecule has 0 saturated heterocycles. The maximum Gasteiger partial charge on any atom is 0.211 e. The quantitative estimate of drug-likeness (QED) is 0.375. The van der Waals surface area contributed by atoms with E-state index in [9.17, 15) is 0 Å². The van der Waals surface area contributed by atoms with E-state index in [0.717, 1.165) is 24.7 Å². The first kappa shape index (κ1) is 8.53. The zero-order chi connectivity index (χ0) is 9.26. The van der Waals surface area contributed by atoms with Crippen LogP contribution in [0.4, 0.5) is 0 Å². The molecule has 2 aliphatic rings. The monoisotopic (exact) mass is 180 g/mol. The van der Waals surface area contributed by atoms with Gasteiger partial charge in [0.05, 0.1) is 0 Å². The summed E-state index contributed by atoms with van der Waals surface area (Å²) in [6.07, 6.45) is 6.31. The molecule has 0 heterocycles. The fourth-order valence-electron chi connectivity index (χ4n) is 2.05. The molecule has 4 nitrogen and oxygen atoms in total. The zero-order valence-electron chi connectivity index (χ0n) is 7.74. The van der Waals surface area contributed by atoms with Crippen LogP contribution in [0.3, 0.4) is 0 Å². The van der Waals surface area contributed by atoms with Crippen molar-refractivity contribution < 1.29 is 0 Å². The highest BCUT2D eigenvalue weighted by Crippen LogP contribution is 2.44. The lowest BCUT2D eigenvalue weighted by Crippen LogP contribution is -2.22. The van der Waals surface area contributed by atoms with Crippen molar-refractivity contribution in [1.82, 2.24) is 0 Å². The van der Waals surface area contributed by atoms with Gasteiger partial charge in [0.25, 0.3) is 0 Å². The summed E-state index contributed by atoms with van der Waals surface area (Å²) < 4.78 is 0. The second-order valence-corrected chi connectivity index (χ2v) is 4.03. The van der Waals surface area contributed by atoms with E-state index in [4.69, 9.17) is 11.5 Å². The normalized spacial score (nSPS) is 30.8. The number of guanidine groups is 1. The van der Waals surface area contributed by atoms with Gasteiger partial charge in [-0.2, -0.15) is 5.10 Å². The SMILES string of the molecule is NC(N)=N/N=C1\CCC(C2CC2)C1. The van der Waals surface area contributed by atoms with E-state index < -0.39 is 0 Å². The van der Waals surface area contributed by atoms with Gasteiger partial charge in [-0.1, -0.05) is 0 Å². The van der Waals surface area contributed by atoms with Crippen LogP contribution in [0.5, 0.6) is 0 Å². The van der Waals surface area contributed by atoms with Gasteiger partial charge < -0.3 is 11.5 Å². The van der Waals surface area contributed by atoms with Gasteiger partial charge in [-0.25, -0.2) is 0 Å². The van der Waals surface area contributed by atoms with Crippen molar-refractivity contribution in [1.29, 1.82) is 0 Å². The standard InChI is InChI=1S/C9H16N4/c10-9(11)13-12-8-4-3-7(5-8)6-1-2-6/h6-7H,1-5H2,(H4,10,11,13)/b12-8+. The fourth-order valence-corrected chi connectivity index (χ4v) is 2.05. The maximum absolute atomic E-state index is 5.20. The fraction of sp³-hybridized carbons (Fsp3) is 0.778. The predicted octanol–water partition coefficient (Wildman–Crippen LogP) is 0.826. The van der Waals surface area contributed by atoms with E-state index >= 15 is 0 Å². The second kappa shape index (κ2) is 3.36. The largest absolute Gasteiger partial charge is 0.369 e. The highest BCUT2D eigenvalue weighted by Gasteiger charge is 2.35. The molecule has 4 N–H and O–H groups in total. The highest BCUT2D eigenvalue weighted by atomic mass is 15.3. The van der Waals surface area contributed by atoms with Crippen LogP contribution < -0.4 is 11.5 Å². The minimum atomic E-state index is 0.0578. The molecule has 0 spiro atoms. The van der Waals surface area contributed by atoms with Gasteiger partial charge in [0.15, 0.2) is 0 Å². The molecule has 0 aromatic carbocycles. The van der Waals surface area contributed by atoms with Gasteiger partial charge in [0, 0.05) is 5.71 Å². The van der Waals surface area contributed by atoms with E-state index in [-0.39, 0.29) is 5.96 Å². The Balaban J connectivity index is 1.89. The van der Waals surface area contributed by atoms with Gasteiger partial charge in [-0.3, -0.25) is 0 Å². The Kier molecular flexibility index (Phi) is 2.20. The molecule has 0 aromatic rings. The number of hydrogen-bond acceptors (Lipinski definition) is 2. The van der Waals surface area contributed by atoms with Crippen molar-refractivity contribution in [2.45, 2.75) is 32.1 Å². The number of rotatable bonds is 2. The van der Waals surface area contributed by atoms with Crippen molar-refractivity contribution in [2.75, 3.05) is 0 Å². The Hall–Kier alpha value is -1.06. The van der Waals surface area contributed by atoms with Gasteiger partial charge in [-0.05, 0) is 43.9 Å². The molecule has 72 valence electrons. The molecule has 0 radical (unpaired) electrons. The summed E-state index contributed by atoms with van der Waals surface area (Å²) in [7, 11) is 0. The van der Waals surface area contributed by atoms with Gasteiger partial charge in [0.1, 0.15) is 0 Å². The van der Waals surface area contributed by atoms with Crippen molar-refractivity contribution in [2.24, 2.45) is 33.5 Å². The highest BCUT2D eigenvalue weighted by molar-refractivity contribution is 5.87. The lowest BCUT2D eigenvalue weighted by Gasteiger charge is -2.02. The zero-order valence-corrected chi connectivity index (χ0v) is 7.74. The van der Waals surface area contributed by atoms with Crippen LogP contribution in [-0.2, 0) is 0 Å². The lowest BCUT2D eigenvalue weighted by atomic mass is 10.0. The van der Waals surface area contributed by atoms with Gasteiger partial charge in [0.2, 0.25) is 5.96 Å². The van der Waals surface area contributed by atoms with Crippen LogP contribution in [0, 0.1) is 11.8 Å². The number of nitrogens with two attached hydrogens (primary N) is 2. The average molecular weight is 180 g/mol. The second-order valence-electron chi connectivity index (χ2n) is 4.03. The summed E-state index contributed by atoms with van der Waals surface area (Å²) in [4.78, 5) is 0. The molecule has 2 aliphatic carbocycles. The third-order valence-corrected chi connectivity index (χ3v) is 2.90. The Labute approximate surface area is 78.1 Å². The Morgan fingerprint density at radius 1 is 1.15 bits per heavy atom. The minimum Gasteiger partial charge on any atom is -0.369 e. The summed E-state index contributed by atoms with van der Waals surface area (Å²) in [5.41, 5.74) is 11.6. The van der Waals surface area contributed by atoms with Gasteiger partial charge in [-0.15, -0.1) is 5.10 Å². The van der Waals surface area contributed by atoms with Crippen LogP contribution in [0.1, 0.15) is 32.1 Å². The first-order valence-corrected chi connectivity index (χ1v) is 4.90. The van der Waals surface area contributed by atoms with E-state index in [1.165, 1.54) is 25.0 Å². The van der Waals surface area contributed by atoms with Crippen molar-refractivity contribution >= 4 is 11.7 Å². The molecule has 13 heavy (non-hydrogen) atoms. The third kappa shape index (κ3) is 2.20. The van der Waals surface area contributed by atoms with E-state index in [0.29, 0.717) is 0 Å². The Morgan fingerprint density at radius 3 is 2.54 bits per heavy atom. The first-order chi connectivity index (χ1) is 6.25. The Bertz CT molecular complexity index is 248. The third-order valence-electron chi connectivity index (χ3n) is 2.90. The van der Waals surface area contributed by atoms with E-state index in [2.05, 4.69) is 10.2 Å². The molecular formula is C9H16N4. The molecule has 1 unspecified atom stereocenters. The van der Waals surface area contributed by atoms with Crippen LogP contribution >= 0.6 is 0 Å². The minimum absolute atomic E-state index is 0.0578. The first-order valence-electron chi connectivity index (χ1n) is 4.90. The summed E-state index contributed by atoms with van der Waals surface area (Å²) in [6.45, 7) is 0. The molecular weight excluding hydrogens is 164 g/mol. The predicted molar refractivity (Wildman–Crippen MR) is 53.3 cm³/mol. The molecule has 1 atom stereocenters. The topological polar surface area (TPSA) is 76.8 Å². The molecule has 2 rings (SSSR count). The van der Waals surface area contributed by atoms with Crippen LogP contribution in [0.25, 0.3) is 0 Å². The van der Waals surface area contributed by atoms with Crippen LogP contribution in [0.15, 0.2) is 10.2 Å². The maximum atomic E-state index is 5.20. The number of nitrogens with zero attached hydrogens (tertiary/aromatic N) is 2. The van der Waals surface area contributed by atoms with Gasteiger partial charge >= 0.3 is 0 Å². The molecule has 0 aromatic heterocycles. The van der Waals surface area contributed by atoms with Crippen LogP contribution in [-0.4, -0.2) is 11.7 Å². The van der Waals surface area contributed by atoms with E-state index in [1.54, 1.807) is 0 Å². The van der Waals surface area contributed by atoms with E-state index in [1.807, 2.05) is 0 Å². The van der Waals surface area contributed by atoms with Crippen molar-refractivity contribution in [3.8, 4) is 0 Å². The van der Waals surface area contributed by atoms with Crippen molar-refractivity contribution in [3.63, 3.8) is 0 Å². The summed E-state index contributed by atoms with van der Waals surface area (Å²) in [5, 5.41) is 7.72. The molecule has 0 aliphatic heterocycles. The Morgan fingerprint density at radius 2 is 1.92 bits per heavy atom. The molecule has 0 amide bonds. The molecule has 4 heteroatoms. The lowest BCUT2D eigenvalue weighted by molar-refractivity contribution is 0.489. The summed E-state index contributed by atoms with van der Waals surface area (Å²) >= 11 is 0. The summed E-state index contributed by atoms with van der Waals surface area (Å²) in [5.74, 6) is 1.90. The van der Waals surface area contributed by atoms with Crippen molar-refractivity contribution in [3.05, 3.63) is 0 Å².